The Hall–Kier alpha value is 0.0777. The zero-order valence-electron chi connectivity index (χ0n) is 4.57. The van der Waals surface area contributed by atoms with Gasteiger partial charge < -0.3 is 16.6 Å². The van der Waals surface area contributed by atoms with Crippen molar-refractivity contribution in [3.63, 3.8) is 0 Å². The third-order valence-corrected chi connectivity index (χ3v) is 0.397. The van der Waals surface area contributed by atoms with E-state index in [0.29, 0.717) is 0 Å². The summed E-state index contributed by atoms with van der Waals surface area (Å²) in [6.45, 7) is -0.359. The van der Waals surface area contributed by atoms with E-state index in [9.17, 15) is 4.79 Å². The standard InChI is InChI=1S/C3H7N3O2.Sm/c4-3(5)6-1-2(7)8;/h1H2,(H,7,8)(H4,4,5,6);. The van der Waals surface area contributed by atoms with Crippen LogP contribution in [0.5, 0.6) is 0 Å². The Morgan fingerprint density at radius 2 is 2.00 bits per heavy atom. The van der Waals surface area contributed by atoms with Gasteiger partial charge in [-0.1, -0.05) is 0 Å². The fourth-order valence-corrected chi connectivity index (χ4v) is 0.159. The van der Waals surface area contributed by atoms with Gasteiger partial charge in [0.2, 0.25) is 0 Å². The first-order valence-electron chi connectivity index (χ1n) is 1.90. The Bertz CT molecular complexity index is 120. The van der Waals surface area contributed by atoms with E-state index in [2.05, 4.69) is 4.99 Å². The average Bonchev–Trinajstić information content (AvgIpc) is 1.61. The molecule has 0 aliphatic heterocycles. The van der Waals surface area contributed by atoms with Crippen molar-refractivity contribution in [3.8, 4) is 0 Å². The third-order valence-electron chi connectivity index (χ3n) is 0.397. The molecule has 0 saturated carbocycles. The summed E-state index contributed by atoms with van der Waals surface area (Å²) < 4.78 is 0. The Morgan fingerprint density at radius 1 is 1.56 bits per heavy atom. The Balaban J connectivity index is 0. The predicted octanol–water partition coefficient (Wildman–Crippen LogP) is -1.66. The number of carbonyl (C=O) groups is 1. The summed E-state index contributed by atoms with van der Waals surface area (Å²) in [4.78, 5) is 12.9. The molecule has 52 valence electrons. The normalized spacial score (nSPS) is 7.11. The fourth-order valence-electron chi connectivity index (χ4n) is 0.159. The second kappa shape index (κ2) is 6.20. The maximum Gasteiger partial charge on any atom is 0.325 e. The Labute approximate surface area is 84.6 Å². The topological polar surface area (TPSA) is 102 Å². The van der Waals surface area contributed by atoms with Crippen LogP contribution in [0.3, 0.4) is 0 Å². The smallest absolute Gasteiger partial charge is 0.325 e. The SMILES string of the molecule is NC(N)=NCC(=O)O.[Sm]. The second-order valence-corrected chi connectivity index (χ2v) is 1.13. The van der Waals surface area contributed by atoms with E-state index in [4.69, 9.17) is 16.6 Å². The van der Waals surface area contributed by atoms with Gasteiger partial charge in [-0.3, -0.25) is 4.79 Å². The Kier molecular flexibility index (Phi) is 8.15. The summed E-state index contributed by atoms with van der Waals surface area (Å²) in [6.07, 6.45) is 0. The number of carboxylic acids is 1. The summed E-state index contributed by atoms with van der Waals surface area (Å²) >= 11 is 0. The number of aliphatic imine (C=N–C) groups is 1. The quantitative estimate of drug-likeness (QED) is 0.412. The zero-order valence-corrected chi connectivity index (χ0v) is 7.19. The van der Waals surface area contributed by atoms with Crippen molar-refractivity contribution >= 4 is 11.9 Å². The van der Waals surface area contributed by atoms with E-state index in [0.717, 1.165) is 0 Å². The number of aliphatic carboxylic acids is 1. The molecule has 5 nitrogen and oxygen atoms in total. The molecule has 6 heteroatoms. The van der Waals surface area contributed by atoms with Crippen LogP contribution in [0.15, 0.2) is 4.99 Å². The first-order valence-corrected chi connectivity index (χ1v) is 1.90. The average molecular weight is 267 g/mol. The van der Waals surface area contributed by atoms with E-state index in [1.54, 1.807) is 0 Å². The molecular weight excluding hydrogens is 260 g/mol. The van der Waals surface area contributed by atoms with E-state index in [1.807, 2.05) is 0 Å². The van der Waals surface area contributed by atoms with Gasteiger partial charge in [0.1, 0.15) is 6.54 Å². The van der Waals surface area contributed by atoms with E-state index >= 15 is 0 Å². The predicted molar refractivity (Wildman–Crippen MR) is 28.3 cm³/mol. The van der Waals surface area contributed by atoms with Crippen LogP contribution in [0.25, 0.3) is 0 Å². The molecule has 0 aliphatic rings. The molecule has 0 bridgehead atoms. The largest absolute Gasteiger partial charge is 0.480 e. The van der Waals surface area contributed by atoms with Crippen LogP contribution in [0.1, 0.15) is 0 Å². The second-order valence-electron chi connectivity index (χ2n) is 1.13. The molecule has 5 N–H and O–H groups in total. The maximum atomic E-state index is 9.69. The van der Waals surface area contributed by atoms with E-state index in [-0.39, 0.29) is 52.9 Å². The number of hydrogen-bond donors (Lipinski definition) is 3. The van der Waals surface area contributed by atoms with Crippen LogP contribution in [0.4, 0.5) is 0 Å². The van der Waals surface area contributed by atoms with Crippen molar-refractivity contribution in [3.05, 3.63) is 0 Å². The zero-order chi connectivity index (χ0) is 6.57. The minimum Gasteiger partial charge on any atom is -0.480 e. The maximum absolute atomic E-state index is 9.69. The summed E-state index contributed by atoms with van der Waals surface area (Å²) in [5.41, 5.74) is 9.61. The minimum absolute atomic E-state index is 0. The van der Waals surface area contributed by atoms with Gasteiger partial charge in [0, 0.05) is 40.4 Å². The molecular formula is C3H7N3O2Sm. The number of guanidine groups is 1. The molecule has 0 atom stereocenters. The van der Waals surface area contributed by atoms with E-state index < -0.39 is 5.97 Å². The van der Waals surface area contributed by atoms with Crippen LogP contribution in [-0.2, 0) is 4.79 Å². The number of carboxylic acid groups (broad SMARTS) is 1. The molecule has 0 fully saturated rings. The molecule has 0 saturated heterocycles. The number of nitrogens with two attached hydrogens (primary N) is 2. The summed E-state index contributed by atoms with van der Waals surface area (Å²) in [5, 5.41) is 7.94. The molecule has 0 unspecified atom stereocenters. The van der Waals surface area contributed by atoms with Crippen molar-refractivity contribution < 1.29 is 50.3 Å². The molecule has 9 heavy (non-hydrogen) atoms. The van der Waals surface area contributed by atoms with Crippen molar-refractivity contribution in [2.75, 3.05) is 6.54 Å². The molecule has 0 aliphatic carbocycles. The number of rotatable bonds is 2. The van der Waals surface area contributed by atoms with Crippen molar-refractivity contribution in [1.29, 1.82) is 0 Å². The van der Waals surface area contributed by atoms with Gasteiger partial charge in [0.15, 0.2) is 5.96 Å². The van der Waals surface area contributed by atoms with Crippen molar-refractivity contribution in [2.45, 2.75) is 0 Å². The van der Waals surface area contributed by atoms with Gasteiger partial charge in [-0.25, -0.2) is 4.99 Å². The molecule has 0 amide bonds. The minimum atomic E-state index is -1.04. The summed E-state index contributed by atoms with van der Waals surface area (Å²) in [5.74, 6) is -1.24. The van der Waals surface area contributed by atoms with Gasteiger partial charge >= 0.3 is 5.97 Å². The van der Waals surface area contributed by atoms with Crippen LogP contribution < -0.4 is 11.5 Å². The molecule has 0 spiro atoms. The number of nitrogens with zero attached hydrogens (tertiary/aromatic N) is 1. The molecule has 0 heterocycles. The van der Waals surface area contributed by atoms with Crippen LogP contribution in [0, 0.1) is 40.4 Å². The molecule has 0 aromatic heterocycles. The van der Waals surface area contributed by atoms with Gasteiger partial charge in [-0.15, -0.1) is 0 Å². The monoisotopic (exact) mass is 269 g/mol. The summed E-state index contributed by atoms with van der Waals surface area (Å²) in [7, 11) is 0. The van der Waals surface area contributed by atoms with Crippen molar-refractivity contribution in [1.82, 2.24) is 0 Å². The first-order chi connectivity index (χ1) is 3.63. The summed E-state index contributed by atoms with van der Waals surface area (Å²) in [6, 6.07) is 0. The van der Waals surface area contributed by atoms with Gasteiger partial charge in [-0.2, -0.15) is 0 Å². The molecule has 0 aromatic carbocycles. The molecule has 0 rings (SSSR count). The molecule has 0 radical (unpaired) electrons. The third kappa shape index (κ3) is 11.6. The first kappa shape index (κ1) is 11.8. The van der Waals surface area contributed by atoms with Gasteiger partial charge in [0.25, 0.3) is 0 Å². The van der Waals surface area contributed by atoms with E-state index in [1.165, 1.54) is 0 Å². The number of hydrogen-bond acceptors (Lipinski definition) is 2. The van der Waals surface area contributed by atoms with Crippen LogP contribution in [-0.4, -0.2) is 23.6 Å². The van der Waals surface area contributed by atoms with Crippen LogP contribution in [0.2, 0.25) is 0 Å². The fraction of sp³-hybridized carbons (Fsp3) is 0.333. The van der Waals surface area contributed by atoms with Gasteiger partial charge in [-0.05, 0) is 0 Å². The Morgan fingerprint density at radius 3 is 2.11 bits per heavy atom. The van der Waals surface area contributed by atoms with Crippen molar-refractivity contribution in [2.24, 2.45) is 16.5 Å². The van der Waals surface area contributed by atoms with Crippen LogP contribution >= 0.6 is 0 Å². The molecule has 0 aromatic rings. The van der Waals surface area contributed by atoms with Gasteiger partial charge in [0.05, 0.1) is 0 Å².